The summed E-state index contributed by atoms with van der Waals surface area (Å²) in [6.45, 7) is 1.51. The van der Waals surface area contributed by atoms with E-state index in [4.69, 9.17) is 4.74 Å². The van der Waals surface area contributed by atoms with Crippen molar-refractivity contribution in [3.63, 3.8) is 0 Å². The van der Waals surface area contributed by atoms with E-state index in [-0.39, 0.29) is 24.5 Å². The predicted molar refractivity (Wildman–Crippen MR) is 110 cm³/mol. The van der Waals surface area contributed by atoms with Crippen LogP contribution in [0, 0.1) is 0 Å². The number of amides is 2. The summed E-state index contributed by atoms with van der Waals surface area (Å²) in [6.07, 6.45) is 3.32. The maximum atomic E-state index is 12.2. The van der Waals surface area contributed by atoms with Crippen LogP contribution >= 0.6 is 0 Å². The summed E-state index contributed by atoms with van der Waals surface area (Å²) in [5.74, 6) is -0.108. The Morgan fingerprint density at radius 3 is 2.61 bits per heavy atom. The molecule has 1 aliphatic rings. The summed E-state index contributed by atoms with van der Waals surface area (Å²) in [4.78, 5) is 24.1. The van der Waals surface area contributed by atoms with Crippen LogP contribution in [0.2, 0.25) is 0 Å². The molecule has 1 saturated heterocycles. The molecule has 28 heavy (non-hydrogen) atoms. The third-order valence-electron chi connectivity index (χ3n) is 4.63. The minimum absolute atomic E-state index is 0.0321. The number of rotatable bonds is 9. The van der Waals surface area contributed by atoms with Gasteiger partial charge in [0, 0.05) is 30.9 Å². The summed E-state index contributed by atoms with van der Waals surface area (Å²) in [7, 11) is 0. The van der Waals surface area contributed by atoms with Crippen molar-refractivity contribution in [3.8, 4) is 0 Å². The topological polar surface area (TPSA) is 79.5 Å². The van der Waals surface area contributed by atoms with Crippen LogP contribution in [-0.4, -0.2) is 37.6 Å². The van der Waals surface area contributed by atoms with Crippen LogP contribution in [0.3, 0.4) is 0 Å². The van der Waals surface area contributed by atoms with Gasteiger partial charge in [0.05, 0.1) is 12.6 Å². The highest BCUT2D eigenvalue weighted by Crippen LogP contribution is 2.15. The molecule has 0 radical (unpaired) electrons. The van der Waals surface area contributed by atoms with E-state index in [1.54, 1.807) is 0 Å². The molecule has 2 aromatic carbocycles. The van der Waals surface area contributed by atoms with Crippen molar-refractivity contribution in [1.29, 1.82) is 0 Å². The Morgan fingerprint density at radius 2 is 1.82 bits per heavy atom. The van der Waals surface area contributed by atoms with Crippen LogP contribution in [0.25, 0.3) is 0 Å². The fraction of sp³-hybridized carbons (Fsp3) is 0.364. The second kappa shape index (κ2) is 10.5. The van der Waals surface area contributed by atoms with Gasteiger partial charge >= 0.3 is 0 Å². The van der Waals surface area contributed by atoms with Crippen LogP contribution in [0.15, 0.2) is 54.6 Å². The zero-order valence-corrected chi connectivity index (χ0v) is 15.9. The molecule has 148 valence electrons. The van der Waals surface area contributed by atoms with Gasteiger partial charge < -0.3 is 20.7 Å². The third kappa shape index (κ3) is 6.70. The van der Waals surface area contributed by atoms with Crippen LogP contribution in [-0.2, 0) is 20.7 Å². The Labute approximate surface area is 165 Å². The molecule has 0 bridgehead atoms. The van der Waals surface area contributed by atoms with E-state index < -0.39 is 0 Å². The average molecular weight is 381 g/mol. The molecule has 2 aromatic rings. The van der Waals surface area contributed by atoms with E-state index in [0.29, 0.717) is 25.1 Å². The lowest BCUT2D eigenvalue weighted by Gasteiger charge is -2.12. The fourth-order valence-electron chi connectivity index (χ4n) is 3.11. The molecule has 0 aliphatic carbocycles. The summed E-state index contributed by atoms with van der Waals surface area (Å²) < 4.78 is 5.49. The van der Waals surface area contributed by atoms with E-state index in [9.17, 15) is 9.59 Å². The third-order valence-corrected chi connectivity index (χ3v) is 4.63. The van der Waals surface area contributed by atoms with Gasteiger partial charge in [0.1, 0.15) is 0 Å². The number of hydrogen-bond acceptors (Lipinski definition) is 4. The van der Waals surface area contributed by atoms with Crippen molar-refractivity contribution in [2.75, 3.05) is 30.3 Å². The van der Waals surface area contributed by atoms with Gasteiger partial charge in [-0.05, 0) is 43.0 Å². The highest BCUT2D eigenvalue weighted by atomic mass is 16.5. The molecule has 1 aliphatic heterocycles. The van der Waals surface area contributed by atoms with Gasteiger partial charge in [0.25, 0.3) is 0 Å². The maximum absolute atomic E-state index is 12.2. The largest absolute Gasteiger partial charge is 0.376 e. The van der Waals surface area contributed by atoms with Crippen LogP contribution in [0.1, 0.15) is 24.8 Å². The first-order chi connectivity index (χ1) is 13.7. The molecule has 1 fully saturated rings. The van der Waals surface area contributed by atoms with Crippen molar-refractivity contribution in [3.05, 3.63) is 60.2 Å². The molecular formula is C22H27N3O3. The van der Waals surface area contributed by atoms with Crippen molar-refractivity contribution >= 4 is 23.2 Å². The molecule has 0 aromatic heterocycles. The Bertz CT molecular complexity index is 774. The van der Waals surface area contributed by atoms with Gasteiger partial charge in [0.15, 0.2) is 0 Å². The smallest absolute Gasteiger partial charge is 0.239 e. The molecule has 1 heterocycles. The summed E-state index contributed by atoms with van der Waals surface area (Å²) in [5, 5.41) is 8.87. The van der Waals surface area contributed by atoms with E-state index >= 15 is 0 Å². The van der Waals surface area contributed by atoms with E-state index in [1.807, 2.05) is 54.6 Å². The molecule has 3 N–H and O–H groups in total. The average Bonchev–Trinajstić information content (AvgIpc) is 3.24. The van der Waals surface area contributed by atoms with Crippen LogP contribution in [0.5, 0.6) is 0 Å². The zero-order valence-electron chi connectivity index (χ0n) is 15.9. The van der Waals surface area contributed by atoms with Crippen LogP contribution in [0.4, 0.5) is 11.4 Å². The predicted octanol–water partition coefficient (Wildman–Crippen LogP) is 2.97. The van der Waals surface area contributed by atoms with E-state index in [0.717, 1.165) is 30.7 Å². The first-order valence-corrected chi connectivity index (χ1v) is 9.75. The van der Waals surface area contributed by atoms with Gasteiger partial charge in [-0.1, -0.05) is 36.4 Å². The van der Waals surface area contributed by atoms with Crippen LogP contribution < -0.4 is 16.0 Å². The Morgan fingerprint density at radius 1 is 1.00 bits per heavy atom. The minimum atomic E-state index is -0.0761. The molecule has 2 amide bonds. The number of anilines is 2. The number of aryl methyl sites for hydroxylation is 1. The van der Waals surface area contributed by atoms with Gasteiger partial charge in [-0.2, -0.15) is 0 Å². The first kappa shape index (κ1) is 19.9. The van der Waals surface area contributed by atoms with E-state index in [2.05, 4.69) is 16.0 Å². The standard InChI is InChI=1S/C22H27N3O3/c26-21(12-11-17-6-2-1-3-7-17)25-19-9-4-8-18(14-19)23-16-22(27)24-15-20-10-5-13-28-20/h1-4,6-9,14,20,23H,5,10-13,15-16H2,(H,24,27)(H,25,26). The second-order valence-electron chi connectivity index (χ2n) is 6.91. The van der Waals surface area contributed by atoms with E-state index in [1.165, 1.54) is 0 Å². The fourth-order valence-corrected chi connectivity index (χ4v) is 3.11. The number of carbonyl (C=O) groups is 2. The first-order valence-electron chi connectivity index (χ1n) is 9.75. The quantitative estimate of drug-likeness (QED) is 0.624. The molecule has 1 atom stereocenters. The molecule has 6 nitrogen and oxygen atoms in total. The number of carbonyl (C=O) groups excluding carboxylic acids is 2. The van der Waals surface area contributed by atoms with Crippen molar-refractivity contribution < 1.29 is 14.3 Å². The Hall–Kier alpha value is -2.86. The Balaban J connectivity index is 1.40. The molecule has 6 heteroatoms. The van der Waals surface area contributed by atoms with Gasteiger partial charge in [-0.25, -0.2) is 0 Å². The minimum Gasteiger partial charge on any atom is -0.376 e. The lowest BCUT2D eigenvalue weighted by atomic mass is 10.1. The Kier molecular flexibility index (Phi) is 7.44. The molecule has 3 rings (SSSR count). The monoisotopic (exact) mass is 381 g/mol. The highest BCUT2D eigenvalue weighted by Gasteiger charge is 2.15. The van der Waals surface area contributed by atoms with Crippen molar-refractivity contribution in [2.24, 2.45) is 0 Å². The van der Waals surface area contributed by atoms with Gasteiger partial charge in [-0.3, -0.25) is 9.59 Å². The normalized spacial score (nSPS) is 15.8. The summed E-state index contributed by atoms with van der Waals surface area (Å²) in [5.41, 5.74) is 2.64. The SMILES string of the molecule is O=C(CNc1cccc(NC(=O)CCc2ccccc2)c1)NCC1CCCO1. The summed E-state index contributed by atoms with van der Waals surface area (Å²) >= 11 is 0. The van der Waals surface area contributed by atoms with Gasteiger partial charge in [0.2, 0.25) is 11.8 Å². The molecule has 0 saturated carbocycles. The highest BCUT2D eigenvalue weighted by molar-refractivity contribution is 5.91. The number of hydrogen-bond donors (Lipinski definition) is 3. The number of nitrogens with one attached hydrogen (secondary N) is 3. The number of ether oxygens (including phenoxy) is 1. The van der Waals surface area contributed by atoms with Crippen molar-refractivity contribution in [1.82, 2.24) is 5.32 Å². The molecule has 0 spiro atoms. The number of benzene rings is 2. The maximum Gasteiger partial charge on any atom is 0.239 e. The van der Waals surface area contributed by atoms with Gasteiger partial charge in [-0.15, -0.1) is 0 Å². The zero-order chi connectivity index (χ0) is 19.6. The lowest BCUT2D eigenvalue weighted by Crippen LogP contribution is -2.35. The summed E-state index contributed by atoms with van der Waals surface area (Å²) in [6, 6.07) is 17.3. The molecule has 1 unspecified atom stereocenters. The van der Waals surface area contributed by atoms with Crippen molar-refractivity contribution in [2.45, 2.75) is 31.8 Å². The lowest BCUT2D eigenvalue weighted by molar-refractivity contribution is -0.120. The molecular weight excluding hydrogens is 354 g/mol. The second-order valence-corrected chi connectivity index (χ2v) is 6.91.